The summed E-state index contributed by atoms with van der Waals surface area (Å²) in [5, 5.41) is 7.89. The van der Waals surface area contributed by atoms with Crippen molar-refractivity contribution >= 4 is 17.0 Å². The fourth-order valence-corrected chi connectivity index (χ4v) is 2.25. The lowest BCUT2D eigenvalue weighted by atomic mass is 10.1. The highest BCUT2D eigenvalue weighted by atomic mass is 16.3. The van der Waals surface area contributed by atoms with Gasteiger partial charge in [-0.25, -0.2) is 4.68 Å². The highest BCUT2D eigenvalue weighted by Crippen LogP contribution is 2.18. The molecule has 3 aromatic rings. The van der Waals surface area contributed by atoms with Gasteiger partial charge in [0.25, 0.3) is 5.56 Å². The number of hydrogen-bond acceptors (Lipinski definition) is 5. The number of aromatic amines is 1. The normalized spacial score (nSPS) is 12.0. The molecule has 3 rings (SSSR count). The maximum atomic E-state index is 12.1. The van der Waals surface area contributed by atoms with Crippen LogP contribution in [0.4, 0.5) is 5.95 Å². The highest BCUT2D eigenvalue weighted by Gasteiger charge is 2.19. The average molecular weight is 301 g/mol. The Kier molecular flexibility index (Phi) is 3.48. The van der Waals surface area contributed by atoms with Gasteiger partial charge in [0.1, 0.15) is 11.1 Å². The first-order valence-electron chi connectivity index (χ1n) is 7.20. The van der Waals surface area contributed by atoms with Gasteiger partial charge >= 0.3 is 0 Å². The Hall–Kier alpha value is -2.57. The van der Waals surface area contributed by atoms with Crippen LogP contribution in [0.3, 0.4) is 0 Å². The van der Waals surface area contributed by atoms with E-state index in [0.717, 1.165) is 5.76 Å². The molecule has 3 aromatic heterocycles. The predicted octanol–water partition coefficient (Wildman–Crippen LogP) is 2.12. The van der Waals surface area contributed by atoms with Crippen LogP contribution in [0.2, 0.25) is 0 Å². The van der Waals surface area contributed by atoms with Gasteiger partial charge in [-0.1, -0.05) is 0 Å². The molecule has 7 heteroatoms. The Balaban J connectivity index is 1.86. The molecule has 7 nitrogen and oxygen atoms in total. The van der Waals surface area contributed by atoms with Crippen molar-refractivity contribution < 1.29 is 4.42 Å². The van der Waals surface area contributed by atoms with Crippen molar-refractivity contribution in [3.8, 4) is 0 Å². The standard InChI is InChI=1S/C15H19N5O2/c1-15(2,3)20-12-11(9-17-20)13(21)19-14(18-12)16-7-6-10-5-4-8-22-10/h4-5,8-9H,6-7H2,1-3H3,(H2,16,18,19,21). The van der Waals surface area contributed by atoms with Gasteiger partial charge in [-0.15, -0.1) is 0 Å². The summed E-state index contributed by atoms with van der Waals surface area (Å²) in [5.41, 5.74) is 0.145. The maximum Gasteiger partial charge on any atom is 0.263 e. The summed E-state index contributed by atoms with van der Waals surface area (Å²) in [6.45, 7) is 6.68. The first kappa shape index (κ1) is 14.4. The minimum Gasteiger partial charge on any atom is -0.469 e. The Morgan fingerprint density at radius 3 is 2.91 bits per heavy atom. The molecule has 0 spiro atoms. The first-order chi connectivity index (χ1) is 10.4. The van der Waals surface area contributed by atoms with Crippen LogP contribution in [-0.2, 0) is 12.0 Å². The number of nitrogens with one attached hydrogen (secondary N) is 2. The predicted molar refractivity (Wildman–Crippen MR) is 84.0 cm³/mol. The van der Waals surface area contributed by atoms with Crippen molar-refractivity contribution in [2.45, 2.75) is 32.7 Å². The highest BCUT2D eigenvalue weighted by molar-refractivity contribution is 5.74. The summed E-state index contributed by atoms with van der Waals surface area (Å²) in [6, 6.07) is 3.76. The molecule has 22 heavy (non-hydrogen) atoms. The average Bonchev–Trinajstić information content (AvgIpc) is 3.06. The number of fused-ring (bicyclic) bond motifs is 1. The monoisotopic (exact) mass is 301 g/mol. The van der Waals surface area contributed by atoms with E-state index >= 15 is 0 Å². The molecule has 0 aromatic carbocycles. The van der Waals surface area contributed by atoms with E-state index < -0.39 is 0 Å². The zero-order chi connectivity index (χ0) is 15.7. The molecule has 0 saturated carbocycles. The molecule has 0 aliphatic heterocycles. The van der Waals surface area contributed by atoms with E-state index in [-0.39, 0.29) is 11.1 Å². The minimum absolute atomic E-state index is 0.194. The maximum absolute atomic E-state index is 12.1. The third kappa shape index (κ3) is 2.74. The summed E-state index contributed by atoms with van der Waals surface area (Å²) < 4.78 is 7.03. The van der Waals surface area contributed by atoms with Gasteiger partial charge in [-0.05, 0) is 32.9 Å². The van der Waals surface area contributed by atoms with Crippen LogP contribution in [0.25, 0.3) is 11.0 Å². The topological polar surface area (TPSA) is 88.7 Å². The Morgan fingerprint density at radius 1 is 1.41 bits per heavy atom. The Bertz CT molecular complexity index is 824. The zero-order valence-corrected chi connectivity index (χ0v) is 12.9. The summed E-state index contributed by atoms with van der Waals surface area (Å²) in [6.07, 6.45) is 3.91. The largest absolute Gasteiger partial charge is 0.469 e. The lowest BCUT2D eigenvalue weighted by molar-refractivity contribution is 0.366. The molecule has 0 unspecified atom stereocenters. The van der Waals surface area contributed by atoms with Gasteiger partial charge in [0.15, 0.2) is 5.65 Å². The van der Waals surface area contributed by atoms with Gasteiger partial charge in [0.2, 0.25) is 5.95 Å². The van der Waals surface area contributed by atoms with Crippen LogP contribution in [0.5, 0.6) is 0 Å². The van der Waals surface area contributed by atoms with Gasteiger partial charge < -0.3 is 9.73 Å². The summed E-state index contributed by atoms with van der Waals surface area (Å²) >= 11 is 0. The van der Waals surface area contributed by atoms with Crippen molar-refractivity contribution in [1.82, 2.24) is 19.7 Å². The molecular formula is C15H19N5O2. The number of nitrogens with zero attached hydrogens (tertiary/aromatic N) is 3. The van der Waals surface area contributed by atoms with E-state index in [0.29, 0.717) is 29.9 Å². The van der Waals surface area contributed by atoms with Crippen molar-refractivity contribution in [2.24, 2.45) is 0 Å². The molecule has 0 fully saturated rings. The molecule has 0 bridgehead atoms. The molecule has 0 aliphatic rings. The number of rotatable bonds is 4. The molecule has 0 saturated heterocycles. The van der Waals surface area contributed by atoms with Gasteiger partial charge in [0.05, 0.1) is 18.0 Å². The molecule has 116 valence electrons. The molecule has 2 N–H and O–H groups in total. The van der Waals surface area contributed by atoms with E-state index in [1.165, 1.54) is 0 Å². The number of anilines is 1. The fraction of sp³-hybridized carbons (Fsp3) is 0.400. The lowest BCUT2D eigenvalue weighted by Gasteiger charge is -2.19. The van der Waals surface area contributed by atoms with Crippen LogP contribution >= 0.6 is 0 Å². The van der Waals surface area contributed by atoms with Gasteiger partial charge in [-0.2, -0.15) is 10.1 Å². The molecule has 3 heterocycles. The first-order valence-corrected chi connectivity index (χ1v) is 7.20. The second-order valence-electron chi connectivity index (χ2n) is 6.14. The summed E-state index contributed by atoms with van der Waals surface area (Å²) in [7, 11) is 0. The zero-order valence-electron chi connectivity index (χ0n) is 12.9. The van der Waals surface area contributed by atoms with Crippen molar-refractivity contribution in [3.05, 3.63) is 40.7 Å². The number of aromatic nitrogens is 4. The molecular weight excluding hydrogens is 282 g/mol. The Morgan fingerprint density at radius 2 is 2.23 bits per heavy atom. The summed E-state index contributed by atoms with van der Waals surface area (Å²) in [5.74, 6) is 1.32. The van der Waals surface area contributed by atoms with E-state index in [1.54, 1.807) is 17.1 Å². The van der Waals surface area contributed by atoms with Crippen LogP contribution < -0.4 is 10.9 Å². The SMILES string of the molecule is CC(C)(C)n1ncc2c(=O)[nH]c(NCCc3ccco3)nc21. The minimum atomic E-state index is -0.242. The number of furan rings is 1. The Labute approximate surface area is 127 Å². The quantitative estimate of drug-likeness (QED) is 0.770. The van der Waals surface area contributed by atoms with Crippen molar-refractivity contribution in [3.63, 3.8) is 0 Å². The molecule has 0 radical (unpaired) electrons. The van der Waals surface area contributed by atoms with Crippen LogP contribution in [-0.4, -0.2) is 26.3 Å². The smallest absolute Gasteiger partial charge is 0.263 e. The number of hydrogen-bond donors (Lipinski definition) is 2. The molecule has 0 amide bonds. The van der Waals surface area contributed by atoms with Gasteiger partial charge in [-0.3, -0.25) is 9.78 Å². The van der Waals surface area contributed by atoms with Crippen LogP contribution in [0.1, 0.15) is 26.5 Å². The van der Waals surface area contributed by atoms with Crippen LogP contribution in [0, 0.1) is 0 Å². The van der Waals surface area contributed by atoms with Gasteiger partial charge in [0, 0.05) is 13.0 Å². The summed E-state index contributed by atoms with van der Waals surface area (Å²) in [4.78, 5) is 19.3. The lowest BCUT2D eigenvalue weighted by Crippen LogP contribution is -2.24. The molecule has 0 aliphatic carbocycles. The van der Waals surface area contributed by atoms with E-state index in [2.05, 4.69) is 20.4 Å². The van der Waals surface area contributed by atoms with E-state index in [1.807, 2.05) is 32.9 Å². The third-order valence-electron chi connectivity index (χ3n) is 3.32. The van der Waals surface area contributed by atoms with E-state index in [9.17, 15) is 4.79 Å². The second-order valence-corrected chi connectivity index (χ2v) is 6.14. The van der Waals surface area contributed by atoms with Crippen molar-refractivity contribution in [1.29, 1.82) is 0 Å². The van der Waals surface area contributed by atoms with Crippen LogP contribution in [0.15, 0.2) is 33.8 Å². The van der Waals surface area contributed by atoms with Crippen molar-refractivity contribution in [2.75, 3.05) is 11.9 Å². The molecule has 0 atom stereocenters. The third-order valence-corrected chi connectivity index (χ3v) is 3.32. The van der Waals surface area contributed by atoms with E-state index in [4.69, 9.17) is 4.42 Å². The second kappa shape index (κ2) is 5.32. The number of H-pyrrole nitrogens is 1. The fourth-order valence-electron chi connectivity index (χ4n) is 2.25.